The molecule has 0 saturated carbocycles. The maximum Gasteiger partial charge on any atom is 0.244 e. The SMILES string of the molecule is C=C(C)CNC(=S)NNC(=O)Cc1csc(N2CCOCC2)n1. The summed E-state index contributed by atoms with van der Waals surface area (Å²) in [6.45, 7) is 9.33. The van der Waals surface area contributed by atoms with Gasteiger partial charge < -0.3 is 15.0 Å². The second kappa shape index (κ2) is 8.80. The van der Waals surface area contributed by atoms with E-state index in [1.54, 1.807) is 11.3 Å². The van der Waals surface area contributed by atoms with E-state index in [-0.39, 0.29) is 12.3 Å². The second-order valence-electron chi connectivity index (χ2n) is 5.21. The Balaban J connectivity index is 1.73. The molecule has 2 rings (SSSR count). The van der Waals surface area contributed by atoms with Gasteiger partial charge in [0.15, 0.2) is 10.2 Å². The molecular weight excluding hydrogens is 334 g/mol. The summed E-state index contributed by atoms with van der Waals surface area (Å²) >= 11 is 6.58. The molecule has 0 unspecified atom stereocenters. The molecular formula is C14H21N5O2S2. The smallest absolute Gasteiger partial charge is 0.244 e. The maximum absolute atomic E-state index is 11.9. The van der Waals surface area contributed by atoms with Crippen LogP contribution in [-0.2, 0) is 16.0 Å². The summed E-state index contributed by atoms with van der Waals surface area (Å²) in [4.78, 5) is 18.6. The van der Waals surface area contributed by atoms with Crippen LogP contribution in [-0.4, -0.2) is 48.9 Å². The zero-order valence-corrected chi connectivity index (χ0v) is 14.7. The summed E-state index contributed by atoms with van der Waals surface area (Å²) in [5.74, 6) is -0.191. The van der Waals surface area contributed by atoms with Crippen LogP contribution in [0.4, 0.5) is 5.13 Å². The number of carbonyl (C=O) groups is 1. The molecule has 0 bridgehead atoms. The highest BCUT2D eigenvalue weighted by molar-refractivity contribution is 7.80. The number of hydrogen-bond acceptors (Lipinski definition) is 6. The maximum atomic E-state index is 11.9. The van der Waals surface area contributed by atoms with Crippen molar-refractivity contribution >= 4 is 39.7 Å². The first-order valence-corrected chi connectivity index (χ1v) is 8.57. The first kappa shape index (κ1) is 17.6. The molecule has 0 atom stereocenters. The summed E-state index contributed by atoms with van der Waals surface area (Å²) < 4.78 is 5.32. The highest BCUT2D eigenvalue weighted by atomic mass is 32.1. The van der Waals surface area contributed by atoms with Crippen molar-refractivity contribution in [1.29, 1.82) is 0 Å². The average molecular weight is 355 g/mol. The molecule has 1 aliphatic rings. The van der Waals surface area contributed by atoms with Crippen LogP contribution in [0.15, 0.2) is 17.5 Å². The molecule has 2 heterocycles. The molecule has 1 aromatic rings. The predicted molar refractivity (Wildman–Crippen MR) is 95.5 cm³/mol. The number of thiocarbonyl (C=S) groups is 1. The number of thiazole rings is 1. The molecule has 1 aliphatic heterocycles. The molecule has 1 amide bonds. The summed E-state index contributed by atoms with van der Waals surface area (Å²) in [7, 11) is 0. The number of amides is 1. The van der Waals surface area contributed by atoms with E-state index in [1.165, 1.54) is 0 Å². The van der Waals surface area contributed by atoms with Gasteiger partial charge in [0.25, 0.3) is 0 Å². The zero-order valence-electron chi connectivity index (χ0n) is 13.1. The molecule has 9 heteroatoms. The van der Waals surface area contributed by atoms with Crippen molar-refractivity contribution in [3.05, 3.63) is 23.2 Å². The minimum absolute atomic E-state index is 0.191. The van der Waals surface area contributed by atoms with Gasteiger partial charge >= 0.3 is 0 Å². The summed E-state index contributed by atoms with van der Waals surface area (Å²) in [6, 6.07) is 0. The predicted octanol–water partition coefficient (Wildman–Crippen LogP) is 0.594. The van der Waals surface area contributed by atoms with Gasteiger partial charge in [0, 0.05) is 25.0 Å². The van der Waals surface area contributed by atoms with Crippen LogP contribution in [0.3, 0.4) is 0 Å². The first-order chi connectivity index (χ1) is 11.0. The van der Waals surface area contributed by atoms with Gasteiger partial charge in [-0.2, -0.15) is 0 Å². The standard InChI is InChI=1S/C14H21N5O2S2/c1-10(2)8-15-13(22)18-17-12(20)7-11-9-23-14(16-11)19-3-5-21-6-4-19/h9H,1,3-8H2,2H3,(H,17,20)(H2,15,18,22). The molecule has 3 N–H and O–H groups in total. The average Bonchev–Trinajstić information content (AvgIpc) is 3.00. The van der Waals surface area contributed by atoms with Crippen LogP contribution in [0.2, 0.25) is 0 Å². The molecule has 0 aliphatic carbocycles. The molecule has 1 fully saturated rings. The Labute approximate surface area is 145 Å². The van der Waals surface area contributed by atoms with E-state index in [4.69, 9.17) is 17.0 Å². The van der Waals surface area contributed by atoms with Gasteiger partial charge in [0.1, 0.15) is 0 Å². The summed E-state index contributed by atoms with van der Waals surface area (Å²) in [6.07, 6.45) is 0.205. The molecule has 0 aromatic carbocycles. The van der Waals surface area contributed by atoms with Crippen molar-refractivity contribution in [3.63, 3.8) is 0 Å². The fourth-order valence-corrected chi connectivity index (χ4v) is 2.89. The Kier molecular flexibility index (Phi) is 6.75. The Morgan fingerprint density at radius 1 is 1.48 bits per heavy atom. The van der Waals surface area contributed by atoms with E-state index < -0.39 is 0 Å². The number of hydrogen-bond donors (Lipinski definition) is 3. The number of nitrogens with zero attached hydrogens (tertiary/aromatic N) is 2. The highest BCUT2D eigenvalue weighted by Gasteiger charge is 2.15. The second-order valence-corrected chi connectivity index (χ2v) is 6.46. The zero-order chi connectivity index (χ0) is 16.7. The lowest BCUT2D eigenvalue weighted by molar-refractivity contribution is -0.121. The Bertz CT molecular complexity index is 569. The van der Waals surface area contributed by atoms with Crippen LogP contribution in [0, 0.1) is 0 Å². The van der Waals surface area contributed by atoms with Gasteiger partial charge in [-0.3, -0.25) is 15.6 Å². The number of hydrazine groups is 1. The van der Waals surface area contributed by atoms with E-state index in [9.17, 15) is 4.79 Å². The van der Waals surface area contributed by atoms with Gasteiger partial charge in [-0.1, -0.05) is 12.2 Å². The minimum Gasteiger partial charge on any atom is -0.378 e. The number of ether oxygens (including phenoxy) is 1. The number of nitrogens with one attached hydrogen (secondary N) is 3. The van der Waals surface area contributed by atoms with Gasteiger partial charge in [-0.25, -0.2) is 4.98 Å². The molecule has 1 aromatic heterocycles. The third kappa shape index (κ3) is 6.12. The molecule has 0 radical (unpaired) electrons. The molecule has 1 saturated heterocycles. The third-order valence-electron chi connectivity index (χ3n) is 3.03. The Morgan fingerprint density at radius 3 is 2.91 bits per heavy atom. The lowest BCUT2D eigenvalue weighted by Gasteiger charge is -2.26. The van der Waals surface area contributed by atoms with Gasteiger partial charge in [-0.05, 0) is 19.1 Å². The van der Waals surface area contributed by atoms with E-state index in [0.29, 0.717) is 24.9 Å². The van der Waals surface area contributed by atoms with Crippen LogP contribution in [0.5, 0.6) is 0 Å². The van der Waals surface area contributed by atoms with Gasteiger partial charge in [0.2, 0.25) is 5.91 Å². The molecule has 126 valence electrons. The lowest BCUT2D eigenvalue weighted by Crippen LogP contribution is -2.47. The van der Waals surface area contributed by atoms with Crippen molar-refractivity contribution in [1.82, 2.24) is 21.2 Å². The van der Waals surface area contributed by atoms with E-state index in [0.717, 1.165) is 29.5 Å². The molecule has 23 heavy (non-hydrogen) atoms. The van der Waals surface area contributed by atoms with Crippen molar-refractivity contribution in [2.24, 2.45) is 0 Å². The Hall–Kier alpha value is -1.71. The number of aromatic nitrogens is 1. The van der Waals surface area contributed by atoms with Crippen molar-refractivity contribution in [2.75, 3.05) is 37.7 Å². The fraction of sp³-hybridized carbons (Fsp3) is 0.500. The van der Waals surface area contributed by atoms with Gasteiger partial charge in [0.05, 0.1) is 25.3 Å². The number of rotatable bonds is 5. The van der Waals surface area contributed by atoms with E-state index in [2.05, 4.69) is 32.6 Å². The topological polar surface area (TPSA) is 78.5 Å². The first-order valence-electron chi connectivity index (χ1n) is 7.29. The van der Waals surface area contributed by atoms with Crippen LogP contribution >= 0.6 is 23.6 Å². The van der Waals surface area contributed by atoms with Crippen LogP contribution in [0.1, 0.15) is 12.6 Å². The summed E-state index contributed by atoms with van der Waals surface area (Å²) in [5, 5.41) is 6.12. The van der Waals surface area contributed by atoms with E-state index in [1.807, 2.05) is 12.3 Å². The minimum atomic E-state index is -0.191. The van der Waals surface area contributed by atoms with Gasteiger partial charge in [-0.15, -0.1) is 11.3 Å². The third-order valence-corrected chi connectivity index (χ3v) is 4.23. The largest absolute Gasteiger partial charge is 0.378 e. The number of anilines is 1. The van der Waals surface area contributed by atoms with Crippen LogP contribution < -0.4 is 21.1 Å². The monoisotopic (exact) mass is 355 g/mol. The van der Waals surface area contributed by atoms with Crippen molar-refractivity contribution in [3.8, 4) is 0 Å². The number of carbonyl (C=O) groups excluding carboxylic acids is 1. The highest BCUT2D eigenvalue weighted by Crippen LogP contribution is 2.21. The van der Waals surface area contributed by atoms with Crippen LogP contribution in [0.25, 0.3) is 0 Å². The van der Waals surface area contributed by atoms with E-state index >= 15 is 0 Å². The normalized spacial score (nSPS) is 14.2. The Morgan fingerprint density at radius 2 is 2.22 bits per heavy atom. The molecule has 7 nitrogen and oxygen atoms in total. The fourth-order valence-electron chi connectivity index (χ4n) is 1.89. The quantitative estimate of drug-likeness (QED) is 0.405. The van der Waals surface area contributed by atoms with Crippen molar-refractivity contribution in [2.45, 2.75) is 13.3 Å². The number of morpholine rings is 1. The molecule has 0 spiro atoms. The lowest BCUT2D eigenvalue weighted by atomic mass is 10.3. The van der Waals surface area contributed by atoms with Crippen molar-refractivity contribution < 1.29 is 9.53 Å². The summed E-state index contributed by atoms with van der Waals surface area (Å²) in [5.41, 5.74) is 6.91.